The van der Waals surface area contributed by atoms with E-state index in [2.05, 4.69) is 25.7 Å². The summed E-state index contributed by atoms with van der Waals surface area (Å²) in [6.07, 6.45) is 3.34. The lowest BCUT2D eigenvalue weighted by atomic mass is 10.1. The molecule has 25 heavy (non-hydrogen) atoms. The largest absolute Gasteiger partial charge is 0.368 e. The average Bonchev–Trinajstić information content (AvgIpc) is 3.06. The van der Waals surface area contributed by atoms with Crippen LogP contribution in [-0.4, -0.2) is 38.7 Å². The first-order chi connectivity index (χ1) is 12.1. The van der Waals surface area contributed by atoms with Crippen LogP contribution >= 0.6 is 0 Å². The summed E-state index contributed by atoms with van der Waals surface area (Å²) in [5, 5.41) is 10.4. The van der Waals surface area contributed by atoms with Crippen molar-refractivity contribution in [2.24, 2.45) is 0 Å². The van der Waals surface area contributed by atoms with E-state index >= 15 is 0 Å². The van der Waals surface area contributed by atoms with E-state index in [-0.39, 0.29) is 5.91 Å². The first-order valence-corrected chi connectivity index (χ1v) is 8.06. The molecular weight excluding hydrogens is 316 g/mol. The van der Waals surface area contributed by atoms with Crippen LogP contribution in [-0.2, 0) is 0 Å². The number of aryl methyl sites for hydroxylation is 2. The number of amides is 1. The number of nitrogens with one attached hydrogen (secondary N) is 2. The van der Waals surface area contributed by atoms with Gasteiger partial charge in [-0.25, -0.2) is 14.6 Å². The highest BCUT2D eigenvalue weighted by molar-refractivity contribution is 5.95. The molecule has 128 valence electrons. The summed E-state index contributed by atoms with van der Waals surface area (Å²) in [5.41, 5.74) is 2.58. The Balaban J connectivity index is 1.53. The maximum atomic E-state index is 12.1. The number of hydrogen-bond donors (Lipinski definition) is 2. The zero-order chi connectivity index (χ0) is 17.6. The molecule has 0 spiro atoms. The SMILES string of the molecule is Cc1ccn(-c2cc(NCCNC(=O)c3ccccc3C)ncn2)n1. The van der Waals surface area contributed by atoms with E-state index in [1.54, 1.807) is 4.68 Å². The third kappa shape index (κ3) is 4.20. The molecule has 0 aliphatic carbocycles. The molecule has 3 aromatic rings. The minimum atomic E-state index is -0.0738. The van der Waals surface area contributed by atoms with Gasteiger partial charge in [0, 0.05) is 30.9 Å². The smallest absolute Gasteiger partial charge is 0.251 e. The molecule has 0 atom stereocenters. The Bertz CT molecular complexity index is 873. The van der Waals surface area contributed by atoms with Crippen LogP contribution in [0.4, 0.5) is 5.82 Å². The average molecular weight is 336 g/mol. The summed E-state index contributed by atoms with van der Waals surface area (Å²) >= 11 is 0. The van der Waals surface area contributed by atoms with Crippen LogP contribution < -0.4 is 10.6 Å². The van der Waals surface area contributed by atoms with Crippen LogP contribution in [0.2, 0.25) is 0 Å². The molecule has 0 aliphatic heterocycles. The molecule has 0 aliphatic rings. The lowest BCUT2D eigenvalue weighted by Crippen LogP contribution is -2.29. The minimum Gasteiger partial charge on any atom is -0.368 e. The van der Waals surface area contributed by atoms with Gasteiger partial charge in [0.05, 0.1) is 5.69 Å². The number of anilines is 1. The maximum absolute atomic E-state index is 12.1. The van der Waals surface area contributed by atoms with Gasteiger partial charge in [0.2, 0.25) is 0 Å². The second-order valence-electron chi connectivity index (χ2n) is 5.66. The van der Waals surface area contributed by atoms with Crippen LogP contribution in [0.5, 0.6) is 0 Å². The monoisotopic (exact) mass is 336 g/mol. The van der Waals surface area contributed by atoms with E-state index in [1.165, 1.54) is 6.33 Å². The standard InChI is InChI=1S/C18H20N6O/c1-13-5-3-4-6-15(13)18(25)20-9-8-19-16-11-17(22-12-21-16)24-10-7-14(2)23-24/h3-7,10-12H,8-9H2,1-2H3,(H,20,25)(H,19,21,22). The number of nitrogens with zero attached hydrogens (tertiary/aromatic N) is 4. The molecule has 0 bridgehead atoms. The Morgan fingerprint density at radius 2 is 1.96 bits per heavy atom. The van der Waals surface area contributed by atoms with E-state index in [1.807, 2.05) is 56.4 Å². The molecule has 0 radical (unpaired) electrons. The van der Waals surface area contributed by atoms with Gasteiger partial charge in [-0.15, -0.1) is 0 Å². The second kappa shape index (κ2) is 7.57. The molecule has 2 aromatic heterocycles. The normalized spacial score (nSPS) is 10.5. The molecule has 1 aromatic carbocycles. The van der Waals surface area contributed by atoms with Crippen molar-refractivity contribution >= 4 is 11.7 Å². The fourth-order valence-corrected chi connectivity index (χ4v) is 2.40. The van der Waals surface area contributed by atoms with Crippen LogP contribution in [0.1, 0.15) is 21.6 Å². The quantitative estimate of drug-likeness (QED) is 0.674. The Morgan fingerprint density at radius 1 is 1.12 bits per heavy atom. The molecular formula is C18H20N6O. The highest BCUT2D eigenvalue weighted by atomic mass is 16.1. The van der Waals surface area contributed by atoms with Crippen molar-refractivity contribution in [1.29, 1.82) is 0 Å². The number of carbonyl (C=O) groups is 1. The van der Waals surface area contributed by atoms with Gasteiger partial charge in [-0.2, -0.15) is 5.10 Å². The third-order valence-electron chi connectivity index (χ3n) is 3.72. The van der Waals surface area contributed by atoms with Gasteiger partial charge in [-0.1, -0.05) is 18.2 Å². The lowest BCUT2D eigenvalue weighted by molar-refractivity contribution is 0.0954. The van der Waals surface area contributed by atoms with Crippen molar-refractivity contribution < 1.29 is 4.79 Å². The van der Waals surface area contributed by atoms with E-state index < -0.39 is 0 Å². The van der Waals surface area contributed by atoms with E-state index in [9.17, 15) is 4.79 Å². The lowest BCUT2D eigenvalue weighted by Gasteiger charge is -2.09. The maximum Gasteiger partial charge on any atom is 0.251 e. The fourth-order valence-electron chi connectivity index (χ4n) is 2.40. The summed E-state index contributed by atoms with van der Waals surface area (Å²) in [6, 6.07) is 11.3. The molecule has 0 fully saturated rings. The predicted octanol–water partition coefficient (Wildman–Crippen LogP) is 2.12. The van der Waals surface area contributed by atoms with Gasteiger partial charge >= 0.3 is 0 Å². The van der Waals surface area contributed by atoms with E-state index in [4.69, 9.17) is 0 Å². The summed E-state index contributed by atoms with van der Waals surface area (Å²) in [7, 11) is 0. The Morgan fingerprint density at radius 3 is 2.72 bits per heavy atom. The minimum absolute atomic E-state index is 0.0738. The Hall–Kier alpha value is -3.22. The molecule has 2 heterocycles. The predicted molar refractivity (Wildman–Crippen MR) is 95.9 cm³/mol. The fraction of sp³-hybridized carbons (Fsp3) is 0.222. The van der Waals surface area contributed by atoms with Crippen molar-refractivity contribution in [1.82, 2.24) is 25.1 Å². The van der Waals surface area contributed by atoms with Crippen molar-refractivity contribution in [2.45, 2.75) is 13.8 Å². The molecule has 2 N–H and O–H groups in total. The number of rotatable bonds is 6. The summed E-state index contributed by atoms with van der Waals surface area (Å²) in [4.78, 5) is 20.5. The first kappa shape index (κ1) is 16.6. The van der Waals surface area contributed by atoms with Crippen LogP contribution in [0, 0.1) is 13.8 Å². The van der Waals surface area contributed by atoms with Gasteiger partial charge in [0.1, 0.15) is 12.1 Å². The number of hydrogen-bond acceptors (Lipinski definition) is 5. The third-order valence-corrected chi connectivity index (χ3v) is 3.72. The van der Waals surface area contributed by atoms with Gasteiger partial charge in [-0.3, -0.25) is 4.79 Å². The summed E-state index contributed by atoms with van der Waals surface area (Å²) < 4.78 is 1.70. The van der Waals surface area contributed by atoms with Gasteiger partial charge < -0.3 is 10.6 Å². The van der Waals surface area contributed by atoms with Gasteiger partial charge in [0.15, 0.2) is 5.82 Å². The molecule has 0 saturated carbocycles. The molecule has 3 rings (SSSR count). The van der Waals surface area contributed by atoms with E-state index in [0.29, 0.717) is 30.3 Å². The van der Waals surface area contributed by atoms with Crippen molar-refractivity contribution in [2.75, 3.05) is 18.4 Å². The van der Waals surface area contributed by atoms with Crippen LogP contribution in [0.15, 0.2) is 48.9 Å². The number of aromatic nitrogens is 4. The van der Waals surface area contributed by atoms with Crippen LogP contribution in [0.25, 0.3) is 5.82 Å². The molecule has 7 heteroatoms. The number of benzene rings is 1. The summed E-state index contributed by atoms with van der Waals surface area (Å²) in [5.74, 6) is 1.30. The second-order valence-corrected chi connectivity index (χ2v) is 5.66. The Labute approximate surface area is 146 Å². The highest BCUT2D eigenvalue weighted by Gasteiger charge is 2.07. The van der Waals surface area contributed by atoms with Crippen molar-refractivity contribution in [3.8, 4) is 5.82 Å². The molecule has 7 nitrogen and oxygen atoms in total. The molecule has 0 unspecified atom stereocenters. The molecule has 0 saturated heterocycles. The summed E-state index contributed by atoms with van der Waals surface area (Å²) in [6.45, 7) is 4.90. The zero-order valence-electron chi connectivity index (χ0n) is 14.2. The molecule has 1 amide bonds. The van der Waals surface area contributed by atoms with Crippen molar-refractivity contribution in [3.63, 3.8) is 0 Å². The zero-order valence-corrected chi connectivity index (χ0v) is 14.2. The highest BCUT2D eigenvalue weighted by Crippen LogP contribution is 2.09. The number of carbonyl (C=O) groups excluding carboxylic acids is 1. The first-order valence-electron chi connectivity index (χ1n) is 8.06. The Kier molecular flexibility index (Phi) is 5.03. The van der Waals surface area contributed by atoms with E-state index in [0.717, 1.165) is 11.3 Å². The van der Waals surface area contributed by atoms with Crippen LogP contribution in [0.3, 0.4) is 0 Å². The van der Waals surface area contributed by atoms with Gasteiger partial charge in [0.25, 0.3) is 5.91 Å². The van der Waals surface area contributed by atoms with Gasteiger partial charge in [-0.05, 0) is 31.5 Å². The van der Waals surface area contributed by atoms with Crippen molar-refractivity contribution in [3.05, 3.63) is 65.7 Å². The topological polar surface area (TPSA) is 84.7 Å².